The standard InChI is InChI=1S/C20H31N5O3/c26-19(24-7-1-2-8-24)15-4-3-9-25(14-15)17-5-10-23(11-6-17)13-16-12-21-22-18(16)20(27)28/h12,15,17H,1-11,13-14H2,(H,21,22)(H,27,28)/t15-/m0/s1. The van der Waals surface area contributed by atoms with Gasteiger partial charge in [-0.25, -0.2) is 4.79 Å². The predicted octanol–water partition coefficient (Wildman–Crippen LogP) is 1.41. The Balaban J connectivity index is 1.28. The number of aromatic amines is 1. The topological polar surface area (TPSA) is 92.8 Å². The first kappa shape index (κ1) is 19.4. The molecule has 4 heterocycles. The Hall–Kier alpha value is -1.93. The van der Waals surface area contributed by atoms with Crippen LogP contribution in [-0.2, 0) is 11.3 Å². The number of piperidine rings is 2. The highest BCUT2D eigenvalue weighted by molar-refractivity contribution is 5.86. The third kappa shape index (κ3) is 4.22. The van der Waals surface area contributed by atoms with E-state index in [0.29, 0.717) is 18.5 Å². The molecule has 1 aromatic heterocycles. The molecule has 0 radical (unpaired) electrons. The Morgan fingerprint density at radius 2 is 1.82 bits per heavy atom. The minimum Gasteiger partial charge on any atom is -0.477 e. The summed E-state index contributed by atoms with van der Waals surface area (Å²) in [4.78, 5) is 30.9. The molecule has 3 saturated heterocycles. The largest absolute Gasteiger partial charge is 0.477 e. The van der Waals surface area contributed by atoms with E-state index in [4.69, 9.17) is 0 Å². The van der Waals surface area contributed by atoms with E-state index in [1.54, 1.807) is 6.20 Å². The molecule has 3 aliphatic rings. The zero-order valence-electron chi connectivity index (χ0n) is 16.5. The number of rotatable bonds is 5. The molecule has 8 heteroatoms. The molecule has 3 fully saturated rings. The van der Waals surface area contributed by atoms with Gasteiger partial charge in [-0.3, -0.25) is 19.7 Å². The molecule has 0 aromatic carbocycles. The minimum absolute atomic E-state index is 0.175. The monoisotopic (exact) mass is 389 g/mol. The van der Waals surface area contributed by atoms with Crippen molar-refractivity contribution in [2.24, 2.45) is 5.92 Å². The number of amides is 1. The van der Waals surface area contributed by atoms with Crippen molar-refractivity contribution in [1.29, 1.82) is 0 Å². The highest BCUT2D eigenvalue weighted by Crippen LogP contribution is 2.26. The van der Waals surface area contributed by atoms with Gasteiger partial charge in [-0.05, 0) is 58.2 Å². The van der Waals surface area contributed by atoms with Crippen LogP contribution in [0, 0.1) is 5.92 Å². The van der Waals surface area contributed by atoms with Gasteiger partial charge in [-0.2, -0.15) is 5.10 Å². The second-order valence-corrected chi connectivity index (χ2v) is 8.45. The van der Waals surface area contributed by atoms with Crippen molar-refractivity contribution in [3.63, 3.8) is 0 Å². The van der Waals surface area contributed by atoms with Crippen LogP contribution in [0.25, 0.3) is 0 Å². The maximum atomic E-state index is 12.8. The van der Waals surface area contributed by atoms with Crippen LogP contribution in [0.3, 0.4) is 0 Å². The molecule has 2 N–H and O–H groups in total. The number of hydrogen-bond donors (Lipinski definition) is 2. The maximum absolute atomic E-state index is 12.8. The lowest BCUT2D eigenvalue weighted by Crippen LogP contribution is -2.51. The highest BCUT2D eigenvalue weighted by Gasteiger charge is 2.34. The van der Waals surface area contributed by atoms with Crippen LogP contribution in [-0.4, -0.2) is 87.2 Å². The van der Waals surface area contributed by atoms with Gasteiger partial charge in [0, 0.05) is 37.8 Å². The number of nitrogens with zero attached hydrogens (tertiary/aromatic N) is 4. The Labute approximate surface area is 165 Å². The summed E-state index contributed by atoms with van der Waals surface area (Å²) in [7, 11) is 0. The second kappa shape index (κ2) is 8.61. The van der Waals surface area contributed by atoms with Gasteiger partial charge in [-0.15, -0.1) is 0 Å². The lowest BCUT2D eigenvalue weighted by atomic mass is 9.93. The number of carboxylic acids is 1. The van der Waals surface area contributed by atoms with Crippen LogP contribution in [0.15, 0.2) is 6.20 Å². The molecule has 1 amide bonds. The average molecular weight is 390 g/mol. The quantitative estimate of drug-likeness (QED) is 0.791. The number of likely N-dealkylation sites (tertiary alicyclic amines) is 3. The summed E-state index contributed by atoms with van der Waals surface area (Å²) in [6, 6.07) is 0.536. The van der Waals surface area contributed by atoms with E-state index in [0.717, 1.165) is 83.4 Å². The van der Waals surface area contributed by atoms with E-state index >= 15 is 0 Å². The fourth-order valence-electron chi connectivity index (χ4n) is 5.04. The van der Waals surface area contributed by atoms with Crippen molar-refractivity contribution in [1.82, 2.24) is 24.9 Å². The van der Waals surface area contributed by atoms with E-state index < -0.39 is 5.97 Å². The van der Waals surface area contributed by atoms with Crippen LogP contribution in [0.5, 0.6) is 0 Å². The number of aromatic carboxylic acids is 1. The van der Waals surface area contributed by atoms with Crippen LogP contribution < -0.4 is 0 Å². The minimum atomic E-state index is -0.954. The first-order valence-corrected chi connectivity index (χ1v) is 10.6. The molecule has 28 heavy (non-hydrogen) atoms. The molecule has 3 aliphatic heterocycles. The van der Waals surface area contributed by atoms with Gasteiger partial charge < -0.3 is 10.0 Å². The summed E-state index contributed by atoms with van der Waals surface area (Å²) in [5, 5.41) is 15.7. The first-order valence-electron chi connectivity index (χ1n) is 10.6. The van der Waals surface area contributed by atoms with Crippen LogP contribution in [0.2, 0.25) is 0 Å². The molecular weight excluding hydrogens is 358 g/mol. The SMILES string of the molecule is O=C(O)c1[nH]ncc1CN1CCC(N2CCC[C@H](C(=O)N3CCCC3)C2)CC1. The number of nitrogens with one attached hydrogen (secondary N) is 1. The van der Waals surface area contributed by atoms with Gasteiger partial charge in [0.25, 0.3) is 0 Å². The molecule has 4 rings (SSSR count). The van der Waals surface area contributed by atoms with Crippen molar-refractivity contribution < 1.29 is 14.7 Å². The molecule has 0 saturated carbocycles. The Morgan fingerprint density at radius 1 is 1.07 bits per heavy atom. The van der Waals surface area contributed by atoms with E-state index in [9.17, 15) is 14.7 Å². The Bertz CT molecular complexity index is 692. The molecule has 0 bridgehead atoms. The Morgan fingerprint density at radius 3 is 2.54 bits per heavy atom. The molecule has 1 atom stereocenters. The van der Waals surface area contributed by atoms with E-state index in [1.165, 1.54) is 0 Å². The Kier molecular flexibility index (Phi) is 5.96. The van der Waals surface area contributed by atoms with Crippen molar-refractivity contribution in [3.8, 4) is 0 Å². The molecule has 0 aliphatic carbocycles. The van der Waals surface area contributed by atoms with E-state index in [-0.39, 0.29) is 11.6 Å². The third-order valence-electron chi connectivity index (χ3n) is 6.62. The van der Waals surface area contributed by atoms with Gasteiger partial charge in [0.1, 0.15) is 5.69 Å². The lowest BCUT2D eigenvalue weighted by molar-refractivity contribution is -0.136. The van der Waals surface area contributed by atoms with Gasteiger partial charge in [0.2, 0.25) is 5.91 Å². The number of carbonyl (C=O) groups is 2. The van der Waals surface area contributed by atoms with Crippen molar-refractivity contribution in [3.05, 3.63) is 17.5 Å². The fourth-order valence-corrected chi connectivity index (χ4v) is 5.04. The van der Waals surface area contributed by atoms with Crippen molar-refractivity contribution >= 4 is 11.9 Å². The van der Waals surface area contributed by atoms with Gasteiger partial charge in [0.15, 0.2) is 0 Å². The summed E-state index contributed by atoms with van der Waals surface area (Å²) in [6.45, 7) is 6.43. The number of hydrogen-bond acceptors (Lipinski definition) is 5. The van der Waals surface area contributed by atoms with Gasteiger partial charge in [0.05, 0.1) is 12.1 Å². The molecular formula is C20H31N5O3. The van der Waals surface area contributed by atoms with E-state index in [1.807, 2.05) is 0 Å². The van der Waals surface area contributed by atoms with Gasteiger partial charge in [-0.1, -0.05) is 0 Å². The summed E-state index contributed by atoms with van der Waals surface area (Å²) >= 11 is 0. The lowest BCUT2D eigenvalue weighted by Gasteiger charge is -2.42. The average Bonchev–Trinajstić information content (AvgIpc) is 3.40. The third-order valence-corrected chi connectivity index (χ3v) is 6.62. The second-order valence-electron chi connectivity index (χ2n) is 8.45. The van der Waals surface area contributed by atoms with Gasteiger partial charge >= 0.3 is 5.97 Å². The molecule has 154 valence electrons. The van der Waals surface area contributed by atoms with Crippen LogP contribution >= 0.6 is 0 Å². The molecule has 0 spiro atoms. The molecule has 8 nitrogen and oxygen atoms in total. The van der Waals surface area contributed by atoms with Crippen molar-refractivity contribution in [2.45, 2.75) is 51.1 Å². The number of carboxylic acid groups (broad SMARTS) is 1. The van der Waals surface area contributed by atoms with E-state index in [2.05, 4.69) is 24.9 Å². The summed E-state index contributed by atoms with van der Waals surface area (Å²) in [5.41, 5.74) is 0.946. The smallest absolute Gasteiger partial charge is 0.354 e. The zero-order valence-corrected chi connectivity index (χ0v) is 16.5. The maximum Gasteiger partial charge on any atom is 0.354 e. The summed E-state index contributed by atoms with van der Waals surface area (Å²) < 4.78 is 0. The first-order chi connectivity index (χ1) is 13.6. The summed E-state index contributed by atoms with van der Waals surface area (Å²) in [6.07, 6.45) is 8.22. The molecule has 0 unspecified atom stereocenters. The fraction of sp³-hybridized carbons (Fsp3) is 0.750. The van der Waals surface area contributed by atoms with Crippen LogP contribution in [0.1, 0.15) is 54.6 Å². The van der Waals surface area contributed by atoms with Crippen molar-refractivity contribution in [2.75, 3.05) is 39.3 Å². The highest BCUT2D eigenvalue weighted by atomic mass is 16.4. The van der Waals surface area contributed by atoms with Crippen LogP contribution in [0.4, 0.5) is 0 Å². The summed E-state index contributed by atoms with van der Waals surface area (Å²) in [5.74, 6) is -0.404. The predicted molar refractivity (Wildman–Crippen MR) is 104 cm³/mol. The number of H-pyrrole nitrogens is 1. The normalized spacial score (nSPS) is 25.3. The zero-order chi connectivity index (χ0) is 19.5. The number of carbonyl (C=O) groups excluding carboxylic acids is 1. The molecule has 1 aromatic rings. The number of aromatic nitrogens is 2.